The summed E-state index contributed by atoms with van der Waals surface area (Å²) < 4.78 is 16.3. The van der Waals surface area contributed by atoms with Gasteiger partial charge in [-0.3, -0.25) is 19.3 Å². The molecule has 0 radical (unpaired) electrons. The molecule has 184 valence electrons. The molecule has 0 aromatic heterocycles. The van der Waals surface area contributed by atoms with Crippen molar-refractivity contribution in [3.8, 4) is 5.75 Å². The lowest BCUT2D eigenvalue weighted by Gasteiger charge is -2.26. The molecule has 2 heterocycles. The Labute approximate surface area is 209 Å². The summed E-state index contributed by atoms with van der Waals surface area (Å²) >= 11 is 6.68. The number of carbonyl (C=O) groups is 3. The third-order valence-corrected chi connectivity index (χ3v) is 6.72. The molecule has 2 aliphatic heterocycles. The van der Waals surface area contributed by atoms with Crippen molar-refractivity contribution in [1.82, 2.24) is 9.80 Å². The molecular formula is C24H30N2O6S2. The van der Waals surface area contributed by atoms with Crippen LogP contribution >= 0.6 is 24.0 Å². The van der Waals surface area contributed by atoms with Gasteiger partial charge in [-0.05, 0) is 43.5 Å². The standard InChI is InChI=1S/C24H30N2O6S2/c1-2-31-22(28)6-4-3-5-11-26-23(29)20(34-24(26)33)16-18-7-9-19(10-8-18)32-17-21(27)25-12-14-30-15-13-25/h7-10,16H,2-6,11-15,17H2,1H3/b20-16+. The fourth-order valence-electron chi connectivity index (χ4n) is 3.50. The SMILES string of the molecule is CCOC(=O)CCCCCN1C(=O)/C(=C\c2ccc(OCC(=O)N3CCOCC3)cc2)SC1=S. The molecule has 1 aromatic carbocycles. The molecule has 1 aromatic rings. The van der Waals surface area contributed by atoms with E-state index in [1.165, 1.54) is 11.8 Å². The first-order valence-electron chi connectivity index (χ1n) is 11.5. The molecular weight excluding hydrogens is 476 g/mol. The molecule has 0 saturated carbocycles. The van der Waals surface area contributed by atoms with Gasteiger partial charge in [0.15, 0.2) is 6.61 Å². The van der Waals surface area contributed by atoms with Gasteiger partial charge in [0, 0.05) is 26.1 Å². The average Bonchev–Trinajstić information content (AvgIpc) is 3.11. The van der Waals surface area contributed by atoms with Crippen molar-refractivity contribution in [3.05, 3.63) is 34.7 Å². The average molecular weight is 507 g/mol. The Kier molecular flexibility index (Phi) is 10.4. The van der Waals surface area contributed by atoms with Gasteiger partial charge < -0.3 is 19.1 Å². The highest BCUT2D eigenvalue weighted by Gasteiger charge is 2.31. The summed E-state index contributed by atoms with van der Waals surface area (Å²) in [6.07, 6.45) is 4.53. The van der Waals surface area contributed by atoms with Crippen molar-refractivity contribution in [3.63, 3.8) is 0 Å². The lowest BCUT2D eigenvalue weighted by Crippen LogP contribution is -2.42. The number of hydrogen-bond acceptors (Lipinski definition) is 8. The molecule has 34 heavy (non-hydrogen) atoms. The van der Waals surface area contributed by atoms with Crippen LogP contribution in [0.3, 0.4) is 0 Å². The van der Waals surface area contributed by atoms with Gasteiger partial charge >= 0.3 is 5.97 Å². The van der Waals surface area contributed by atoms with Crippen LogP contribution in [-0.2, 0) is 23.9 Å². The van der Waals surface area contributed by atoms with Crippen LogP contribution in [0.15, 0.2) is 29.2 Å². The summed E-state index contributed by atoms with van der Waals surface area (Å²) in [6.45, 7) is 5.00. The van der Waals surface area contributed by atoms with E-state index in [-0.39, 0.29) is 24.4 Å². The van der Waals surface area contributed by atoms with E-state index in [1.54, 1.807) is 28.9 Å². The zero-order chi connectivity index (χ0) is 24.3. The molecule has 0 N–H and O–H groups in total. The number of morpholine rings is 1. The number of hydrogen-bond donors (Lipinski definition) is 0. The third-order valence-electron chi connectivity index (χ3n) is 5.35. The maximum Gasteiger partial charge on any atom is 0.305 e. The summed E-state index contributed by atoms with van der Waals surface area (Å²) in [4.78, 5) is 40.3. The monoisotopic (exact) mass is 506 g/mol. The predicted molar refractivity (Wildman–Crippen MR) is 134 cm³/mol. The minimum Gasteiger partial charge on any atom is -0.484 e. The van der Waals surface area contributed by atoms with Gasteiger partial charge in [-0.25, -0.2) is 0 Å². The van der Waals surface area contributed by atoms with Gasteiger partial charge in [-0.15, -0.1) is 0 Å². The maximum atomic E-state index is 12.8. The molecule has 0 spiro atoms. The molecule has 0 atom stereocenters. The number of amides is 2. The summed E-state index contributed by atoms with van der Waals surface area (Å²) in [5.74, 6) is 0.249. The number of unbranched alkanes of at least 4 members (excludes halogenated alkanes) is 2. The topological polar surface area (TPSA) is 85.4 Å². The minimum absolute atomic E-state index is 0.0161. The second kappa shape index (κ2) is 13.5. The van der Waals surface area contributed by atoms with Crippen LogP contribution in [-0.4, -0.2) is 78.0 Å². The highest BCUT2D eigenvalue weighted by Crippen LogP contribution is 2.33. The first kappa shape index (κ1) is 26.2. The summed E-state index contributed by atoms with van der Waals surface area (Å²) in [5, 5.41) is 0. The molecule has 2 amide bonds. The first-order valence-corrected chi connectivity index (χ1v) is 12.7. The Morgan fingerprint density at radius 2 is 1.88 bits per heavy atom. The van der Waals surface area contributed by atoms with E-state index in [0.29, 0.717) is 60.9 Å². The van der Waals surface area contributed by atoms with Crippen molar-refractivity contribution in [2.45, 2.75) is 32.6 Å². The van der Waals surface area contributed by atoms with E-state index < -0.39 is 0 Å². The van der Waals surface area contributed by atoms with E-state index in [0.717, 1.165) is 24.8 Å². The van der Waals surface area contributed by atoms with E-state index in [1.807, 2.05) is 18.2 Å². The molecule has 10 heteroatoms. The Morgan fingerprint density at radius 1 is 1.15 bits per heavy atom. The third kappa shape index (κ3) is 7.82. The number of ether oxygens (including phenoxy) is 3. The normalized spacial score (nSPS) is 17.4. The van der Waals surface area contributed by atoms with Crippen molar-refractivity contribution in [2.75, 3.05) is 46.1 Å². The van der Waals surface area contributed by atoms with Gasteiger partial charge in [0.2, 0.25) is 0 Å². The lowest BCUT2D eigenvalue weighted by molar-refractivity contribution is -0.143. The number of esters is 1. The zero-order valence-corrected chi connectivity index (χ0v) is 21.0. The number of benzene rings is 1. The van der Waals surface area contributed by atoms with E-state index in [9.17, 15) is 14.4 Å². The Balaban J connectivity index is 1.44. The molecule has 2 fully saturated rings. The summed E-state index contributed by atoms with van der Waals surface area (Å²) in [6, 6.07) is 7.25. The van der Waals surface area contributed by atoms with Crippen molar-refractivity contribution in [1.29, 1.82) is 0 Å². The summed E-state index contributed by atoms with van der Waals surface area (Å²) in [7, 11) is 0. The number of rotatable bonds is 11. The van der Waals surface area contributed by atoms with Crippen LogP contribution in [0.2, 0.25) is 0 Å². The molecule has 0 bridgehead atoms. The van der Waals surface area contributed by atoms with Gasteiger partial charge in [0.25, 0.3) is 11.8 Å². The molecule has 0 unspecified atom stereocenters. The lowest BCUT2D eigenvalue weighted by atomic mass is 10.2. The number of nitrogens with zero attached hydrogens (tertiary/aromatic N) is 2. The quantitative estimate of drug-likeness (QED) is 0.196. The van der Waals surface area contributed by atoms with E-state index in [4.69, 9.17) is 26.4 Å². The van der Waals surface area contributed by atoms with Gasteiger partial charge in [-0.2, -0.15) is 0 Å². The Bertz CT molecular complexity index is 913. The molecule has 3 rings (SSSR count). The highest BCUT2D eigenvalue weighted by atomic mass is 32.2. The second-order valence-corrected chi connectivity index (χ2v) is 9.48. The minimum atomic E-state index is -0.184. The molecule has 0 aliphatic carbocycles. The first-order chi connectivity index (χ1) is 16.5. The fourth-order valence-corrected chi connectivity index (χ4v) is 4.81. The van der Waals surface area contributed by atoms with Crippen LogP contribution in [0.1, 0.15) is 38.2 Å². The highest BCUT2D eigenvalue weighted by molar-refractivity contribution is 8.26. The van der Waals surface area contributed by atoms with Gasteiger partial charge in [-0.1, -0.05) is 42.5 Å². The number of carbonyl (C=O) groups excluding carboxylic acids is 3. The summed E-state index contributed by atoms with van der Waals surface area (Å²) in [5.41, 5.74) is 0.849. The van der Waals surface area contributed by atoms with Crippen LogP contribution in [0.5, 0.6) is 5.75 Å². The number of thioether (sulfide) groups is 1. The Hall–Kier alpha value is -2.43. The van der Waals surface area contributed by atoms with Crippen molar-refractivity contribution >= 4 is 52.2 Å². The van der Waals surface area contributed by atoms with Crippen molar-refractivity contribution < 1.29 is 28.6 Å². The predicted octanol–water partition coefficient (Wildman–Crippen LogP) is 3.25. The second-order valence-electron chi connectivity index (χ2n) is 7.80. The van der Waals surface area contributed by atoms with Gasteiger partial charge in [0.1, 0.15) is 10.1 Å². The van der Waals surface area contributed by atoms with Crippen molar-refractivity contribution in [2.24, 2.45) is 0 Å². The molecule has 2 saturated heterocycles. The number of thiocarbonyl (C=S) groups is 1. The maximum absolute atomic E-state index is 12.8. The van der Waals surface area contributed by atoms with E-state index in [2.05, 4.69) is 0 Å². The zero-order valence-electron chi connectivity index (χ0n) is 19.3. The van der Waals surface area contributed by atoms with Crippen LogP contribution in [0, 0.1) is 0 Å². The van der Waals surface area contributed by atoms with E-state index >= 15 is 0 Å². The van der Waals surface area contributed by atoms with Crippen LogP contribution in [0.4, 0.5) is 0 Å². The fraction of sp³-hybridized carbons (Fsp3) is 0.500. The molecule has 2 aliphatic rings. The largest absolute Gasteiger partial charge is 0.484 e. The molecule has 8 nitrogen and oxygen atoms in total. The van der Waals surface area contributed by atoms with Crippen LogP contribution in [0.25, 0.3) is 6.08 Å². The smallest absolute Gasteiger partial charge is 0.305 e. The van der Waals surface area contributed by atoms with Crippen LogP contribution < -0.4 is 4.74 Å². The van der Waals surface area contributed by atoms with Gasteiger partial charge in [0.05, 0.1) is 24.7 Å². The Morgan fingerprint density at radius 3 is 2.59 bits per heavy atom.